The molecule has 1 aromatic heterocycles. The molecule has 3 rings (SSSR count). The number of fused-ring (bicyclic) bond motifs is 1. The number of nitrogens with zero attached hydrogens (tertiary/aromatic N) is 1. The number of nitrogens with one attached hydrogen (secondary N) is 2. The summed E-state index contributed by atoms with van der Waals surface area (Å²) in [6, 6.07) is 7.69. The number of anilines is 1. The minimum absolute atomic E-state index is 0.0328. The van der Waals surface area contributed by atoms with E-state index < -0.39 is 0 Å². The highest BCUT2D eigenvalue weighted by Gasteiger charge is 2.19. The predicted octanol–water partition coefficient (Wildman–Crippen LogP) is 3.44. The molecule has 24 heavy (non-hydrogen) atoms. The highest BCUT2D eigenvalue weighted by Crippen LogP contribution is 2.29. The van der Waals surface area contributed by atoms with E-state index in [4.69, 9.17) is 0 Å². The zero-order valence-corrected chi connectivity index (χ0v) is 14.0. The van der Waals surface area contributed by atoms with Crippen molar-refractivity contribution in [2.75, 3.05) is 5.32 Å². The molecule has 0 spiro atoms. The minimum atomic E-state index is -0.0718. The summed E-state index contributed by atoms with van der Waals surface area (Å²) in [4.78, 5) is 23.9. The van der Waals surface area contributed by atoms with Crippen LogP contribution in [-0.4, -0.2) is 16.1 Å². The molecule has 2 N–H and O–H groups in total. The van der Waals surface area contributed by atoms with Crippen LogP contribution in [0.1, 0.15) is 50.2 Å². The van der Waals surface area contributed by atoms with E-state index in [-0.39, 0.29) is 11.5 Å². The molecule has 0 saturated carbocycles. The summed E-state index contributed by atoms with van der Waals surface area (Å²) in [5, 5.41) is 9.84. The van der Waals surface area contributed by atoms with E-state index in [0.717, 1.165) is 66.6 Å². The molecular weight excluding hydrogens is 302 g/mol. The molecule has 0 atom stereocenters. The summed E-state index contributed by atoms with van der Waals surface area (Å²) in [7, 11) is 0. The number of benzene rings is 1. The summed E-state index contributed by atoms with van der Waals surface area (Å²) >= 11 is 0. The maximum absolute atomic E-state index is 12.0. The maximum Gasteiger partial charge on any atom is 0.267 e. The first-order chi connectivity index (χ1) is 11.7. The Labute approximate surface area is 141 Å². The van der Waals surface area contributed by atoms with Crippen molar-refractivity contribution in [2.45, 2.75) is 51.9 Å². The number of carbonyl (C=O) groups is 1. The SMILES string of the molecule is CCCCC(=O)Nc1cccc(-c2n[nH]c(=O)c3c2CCCC3)c1. The van der Waals surface area contributed by atoms with Gasteiger partial charge in [-0.1, -0.05) is 25.5 Å². The first kappa shape index (κ1) is 16.4. The molecule has 0 fully saturated rings. The third kappa shape index (κ3) is 3.55. The van der Waals surface area contributed by atoms with Crippen LogP contribution in [0.3, 0.4) is 0 Å². The predicted molar refractivity (Wildman–Crippen MR) is 95.1 cm³/mol. The van der Waals surface area contributed by atoms with Crippen molar-refractivity contribution in [1.82, 2.24) is 10.2 Å². The number of H-pyrrole nitrogens is 1. The Morgan fingerprint density at radius 2 is 2.04 bits per heavy atom. The van der Waals surface area contributed by atoms with Crippen LogP contribution in [0.25, 0.3) is 11.3 Å². The lowest BCUT2D eigenvalue weighted by Crippen LogP contribution is -2.21. The van der Waals surface area contributed by atoms with Crippen LogP contribution >= 0.6 is 0 Å². The Morgan fingerprint density at radius 1 is 1.25 bits per heavy atom. The van der Waals surface area contributed by atoms with Crippen LogP contribution in [0.4, 0.5) is 5.69 Å². The molecule has 1 amide bonds. The summed E-state index contributed by atoms with van der Waals surface area (Å²) in [5.41, 5.74) is 4.37. The number of aromatic amines is 1. The van der Waals surface area contributed by atoms with Gasteiger partial charge in [-0.25, -0.2) is 5.10 Å². The summed E-state index contributed by atoms with van der Waals surface area (Å²) in [5.74, 6) is 0.0328. The lowest BCUT2D eigenvalue weighted by molar-refractivity contribution is -0.116. The second-order valence-electron chi connectivity index (χ2n) is 6.30. The smallest absolute Gasteiger partial charge is 0.267 e. The molecule has 1 aliphatic carbocycles. The molecule has 1 aromatic carbocycles. The van der Waals surface area contributed by atoms with Gasteiger partial charge in [0.05, 0.1) is 5.69 Å². The van der Waals surface area contributed by atoms with Crippen LogP contribution in [-0.2, 0) is 17.6 Å². The van der Waals surface area contributed by atoms with Gasteiger partial charge in [0.15, 0.2) is 0 Å². The molecule has 5 heteroatoms. The minimum Gasteiger partial charge on any atom is -0.326 e. The van der Waals surface area contributed by atoms with E-state index in [1.54, 1.807) is 0 Å². The van der Waals surface area contributed by atoms with E-state index in [1.807, 2.05) is 24.3 Å². The lowest BCUT2D eigenvalue weighted by atomic mass is 9.90. The average Bonchev–Trinajstić information content (AvgIpc) is 2.61. The van der Waals surface area contributed by atoms with Crippen LogP contribution < -0.4 is 10.9 Å². The number of rotatable bonds is 5. The van der Waals surface area contributed by atoms with Gasteiger partial charge in [0, 0.05) is 23.2 Å². The number of hydrogen-bond donors (Lipinski definition) is 2. The Balaban J connectivity index is 1.90. The van der Waals surface area contributed by atoms with E-state index >= 15 is 0 Å². The maximum atomic E-state index is 12.0. The molecule has 0 radical (unpaired) electrons. The quantitative estimate of drug-likeness (QED) is 0.884. The van der Waals surface area contributed by atoms with Gasteiger partial charge in [0.1, 0.15) is 0 Å². The molecule has 1 heterocycles. The van der Waals surface area contributed by atoms with E-state index in [9.17, 15) is 9.59 Å². The molecular formula is C19H23N3O2. The van der Waals surface area contributed by atoms with Crippen LogP contribution in [0.5, 0.6) is 0 Å². The average molecular weight is 325 g/mol. The number of hydrogen-bond acceptors (Lipinski definition) is 3. The van der Waals surface area contributed by atoms with Crippen LogP contribution in [0, 0.1) is 0 Å². The fourth-order valence-corrected chi connectivity index (χ4v) is 3.20. The molecule has 126 valence electrons. The van der Waals surface area contributed by atoms with Crippen molar-refractivity contribution < 1.29 is 4.79 Å². The highest BCUT2D eigenvalue weighted by atomic mass is 16.1. The molecule has 0 saturated heterocycles. The number of amides is 1. The summed E-state index contributed by atoms with van der Waals surface area (Å²) < 4.78 is 0. The zero-order valence-electron chi connectivity index (χ0n) is 14.0. The van der Waals surface area contributed by atoms with Gasteiger partial charge in [-0.2, -0.15) is 5.10 Å². The lowest BCUT2D eigenvalue weighted by Gasteiger charge is -2.17. The van der Waals surface area contributed by atoms with Gasteiger partial charge >= 0.3 is 0 Å². The van der Waals surface area contributed by atoms with E-state index in [1.165, 1.54) is 0 Å². The third-order valence-corrected chi connectivity index (χ3v) is 4.47. The molecule has 2 aromatic rings. The van der Waals surface area contributed by atoms with Crippen molar-refractivity contribution in [3.05, 3.63) is 45.7 Å². The molecule has 1 aliphatic rings. The van der Waals surface area contributed by atoms with Gasteiger partial charge in [-0.15, -0.1) is 0 Å². The van der Waals surface area contributed by atoms with Gasteiger partial charge < -0.3 is 5.32 Å². The van der Waals surface area contributed by atoms with Gasteiger partial charge in [0.25, 0.3) is 5.56 Å². The summed E-state index contributed by atoms with van der Waals surface area (Å²) in [6.07, 6.45) is 6.25. The highest BCUT2D eigenvalue weighted by molar-refractivity contribution is 5.91. The van der Waals surface area contributed by atoms with Crippen molar-refractivity contribution >= 4 is 11.6 Å². The number of aromatic nitrogens is 2. The van der Waals surface area contributed by atoms with Crippen LogP contribution in [0.15, 0.2) is 29.1 Å². The number of carbonyl (C=O) groups excluding carboxylic acids is 1. The standard InChI is InChI=1S/C19H23N3O2/c1-2-3-11-17(23)20-14-8-6-7-13(12-14)18-15-9-4-5-10-16(15)19(24)22-21-18/h6-8,12H,2-5,9-11H2,1H3,(H,20,23)(H,22,24). The van der Waals surface area contributed by atoms with E-state index in [0.29, 0.717) is 6.42 Å². The first-order valence-corrected chi connectivity index (χ1v) is 8.69. The zero-order chi connectivity index (χ0) is 16.9. The third-order valence-electron chi connectivity index (χ3n) is 4.47. The van der Waals surface area contributed by atoms with E-state index in [2.05, 4.69) is 22.4 Å². The van der Waals surface area contributed by atoms with Crippen molar-refractivity contribution in [1.29, 1.82) is 0 Å². The largest absolute Gasteiger partial charge is 0.326 e. The fourth-order valence-electron chi connectivity index (χ4n) is 3.20. The van der Waals surface area contributed by atoms with Gasteiger partial charge in [-0.3, -0.25) is 9.59 Å². The van der Waals surface area contributed by atoms with Crippen molar-refractivity contribution in [2.24, 2.45) is 0 Å². The van der Waals surface area contributed by atoms with Crippen molar-refractivity contribution in [3.8, 4) is 11.3 Å². The second kappa shape index (κ2) is 7.43. The normalized spacial score (nSPS) is 13.4. The monoisotopic (exact) mass is 325 g/mol. The Kier molecular flexibility index (Phi) is 5.08. The molecule has 0 bridgehead atoms. The Hall–Kier alpha value is -2.43. The van der Waals surface area contributed by atoms with Gasteiger partial charge in [0.2, 0.25) is 5.91 Å². The molecule has 0 unspecified atom stereocenters. The van der Waals surface area contributed by atoms with Crippen molar-refractivity contribution in [3.63, 3.8) is 0 Å². The van der Waals surface area contributed by atoms with Crippen LogP contribution in [0.2, 0.25) is 0 Å². The Bertz CT molecular complexity index is 795. The van der Waals surface area contributed by atoms with Gasteiger partial charge in [-0.05, 0) is 49.8 Å². The molecule has 0 aliphatic heterocycles. The Morgan fingerprint density at radius 3 is 2.83 bits per heavy atom. The number of unbranched alkanes of at least 4 members (excludes halogenated alkanes) is 1. The summed E-state index contributed by atoms with van der Waals surface area (Å²) in [6.45, 7) is 2.07. The topological polar surface area (TPSA) is 74.8 Å². The fraction of sp³-hybridized carbons (Fsp3) is 0.421. The molecule has 5 nitrogen and oxygen atoms in total. The first-order valence-electron chi connectivity index (χ1n) is 8.69. The second-order valence-corrected chi connectivity index (χ2v) is 6.30.